The first-order valence-electron chi connectivity index (χ1n) is 9.62. The normalized spacial score (nSPS) is 15.0. The summed E-state index contributed by atoms with van der Waals surface area (Å²) in [4.78, 5) is 9.11. The summed E-state index contributed by atoms with van der Waals surface area (Å²) >= 11 is 0. The van der Waals surface area contributed by atoms with Crippen LogP contribution in [0.15, 0.2) is 60.9 Å². The van der Waals surface area contributed by atoms with E-state index in [4.69, 9.17) is 4.74 Å². The fraction of sp³-hybridized carbons (Fsp3) is 0.318. The van der Waals surface area contributed by atoms with Crippen LogP contribution in [-0.2, 0) is 20.2 Å². The number of aromatic nitrogens is 2. The SMILES string of the molecule is Cn1ccnc1COc1ccc(CN2CCN(c3ccc(O)cc3)CC2)cc1. The van der Waals surface area contributed by atoms with Crippen molar-refractivity contribution >= 4 is 5.69 Å². The molecule has 2 aromatic carbocycles. The third-order valence-corrected chi connectivity index (χ3v) is 5.21. The molecule has 28 heavy (non-hydrogen) atoms. The van der Waals surface area contributed by atoms with E-state index >= 15 is 0 Å². The number of rotatable bonds is 6. The first-order valence-corrected chi connectivity index (χ1v) is 9.62. The summed E-state index contributed by atoms with van der Waals surface area (Å²) in [7, 11) is 1.97. The van der Waals surface area contributed by atoms with Gasteiger partial charge in [0, 0.05) is 57.9 Å². The van der Waals surface area contributed by atoms with E-state index in [1.807, 2.05) is 42.1 Å². The van der Waals surface area contributed by atoms with Crippen molar-refractivity contribution in [3.63, 3.8) is 0 Å². The molecule has 1 N–H and O–H groups in total. The highest BCUT2D eigenvalue weighted by molar-refractivity contribution is 5.49. The molecule has 1 saturated heterocycles. The smallest absolute Gasteiger partial charge is 0.146 e. The zero-order valence-corrected chi connectivity index (χ0v) is 16.2. The van der Waals surface area contributed by atoms with Crippen LogP contribution >= 0.6 is 0 Å². The minimum absolute atomic E-state index is 0.315. The van der Waals surface area contributed by atoms with Gasteiger partial charge in [-0.05, 0) is 42.0 Å². The van der Waals surface area contributed by atoms with Gasteiger partial charge < -0.3 is 19.3 Å². The van der Waals surface area contributed by atoms with Gasteiger partial charge in [0.1, 0.15) is 23.9 Å². The number of phenolic OH excluding ortho intramolecular Hbond substituents is 1. The predicted octanol–water partition coefficient (Wildman–Crippen LogP) is 3.03. The number of imidazole rings is 1. The number of anilines is 1. The average molecular weight is 378 g/mol. The van der Waals surface area contributed by atoms with Crippen molar-refractivity contribution in [3.8, 4) is 11.5 Å². The number of hydrogen-bond donors (Lipinski definition) is 1. The molecule has 0 aliphatic carbocycles. The third kappa shape index (κ3) is 4.46. The fourth-order valence-electron chi connectivity index (χ4n) is 3.46. The molecule has 1 aliphatic rings. The maximum atomic E-state index is 9.43. The highest BCUT2D eigenvalue weighted by Crippen LogP contribution is 2.21. The highest BCUT2D eigenvalue weighted by atomic mass is 16.5. The lowest BCUT2D eigenvalue weighted by Gasteiger charge is -2.36. The van der Waals surface area contributed by atoms with Gasteiger partial charge >= 0.3 is 0 Å². The molecule has 3 aromatic rings. The van der Waals surface area contributed by atoms with Crippen LogP contribution in [0.3, 0.4) is 0 Å². The van der Waals surface area contributed by atoms with E-state index < -0.39 is 0 Å². The van der Waals surface area contributed by atoms with Crippen LogP contribution in [0, 0.1) is 0 Å². The average Bonchev–Trinajstić information content (AvgIpc) is 3.14. The first-order chi connectivity index (χ1) is 13.7. The summed E-state index contributed by atoms with van der Waals surface area (Å²) < 4.78 is 7.79. The molecule has 1 aliphatic heterocycles. The quantitative estimate of drug-likeness (QED) is 0.715. The summed E-state index contributed by atoms with van der Waals surface area (Å²) in [6.45, 7) is 5.47. The zero-order valence-electron chi connectivity index (χ0n) is 16.2. The van der Waals surface area contributed by atoms with Gasteiger partial charge in [0.05, 0.1) is 0 Å². The minimum atomic E-state index is 0.315. The van der Waals surface area contributed by atoms with E-state index in [2.05, 4.69) is 26.9 Å². The van der Waals surface area contributed by atoms with Gasteiger partial charge in [-0.3, -0.25) is 4.90 Å². The van der Waals surface area contributed by atoms with Crippen molar-refractivity contribution in [2.24, 2.45) is 7.05 Å². The van der Waals surface area contributed by atoms with E-state index in [1.54, 1.807) is 18.3 Å². The van der Waals surface area contributed by atoms with Crippen molar-refractivity contribution in [1.82, 2.24) is 14.5 Å². The molecule has 0 radical (unpaired) electrons. The number of ether oxygens (including phenoxy) is 1. The minimum Gasteiger partial charge on any atom is -0.508 e. The van der Waals surface area contributed by atoms with Crippen LogP contribution in [0.5, 0.6) is 11.5 Å². The number of aromatic hydroxyl groups is 1. The second kappa shape index (κ2) is 8.35. The molecule has 1 aromatic heterocycles. The monoisotopic (exact) mass is 378 g/mol. The molecule has 0 amide bonds. The number of benzene rings is 2. The van der Waals surface area contributed by atoms with Crippen molar-refractivity contribution in [2.45, 2.75) is 13.2 Å². The number of nitrogens with zero attached hydrogens (tertiary/aromatic N) is 4. The molecular formula is C22H26N4O2. The summed E-state index contributed by atoms with van der Waals surface area (Å²) in [5.41, 5.74) is 2.47. The van der Waals surface area contributed by atoms with Crippen molar-refractivity contribution in [2.75, 3.05) is 31.1 Å². The van der Waals surface area contributed by atoms with Crippen LogP contribution < -0.4 is 9.64 Å². The largest absolute Gasteiger partial charge is 0.508 e. The Morgan fingerprint density at radius 2 is 1.68 bits per heavy atom. The first kappa shape index (κ1) is 18.4. The van der Waals surface area contributed by atoms with E-state index in [1.165, 1.54) is 11.3 Å². The van der Waals surface area contributed by atoms with Crippen LogP contribution in [0.2, 0.25) is 0 Å². The van der Waals surface area contributed by atoms with E-state index in [0.29, 0.717) is 12.4 Å². The maximum absolute atomic E-state index is 9.43. The molecule has 1 fully saturated rings. The highest BCUT2D eigenvalue weighted by Gasteiger charge is 2.17. The molecule has 4 rings (SSSR count). The van der Waals surface area contributed by atoms with Crippen LogP contribution in [0.1, 0.15) is 11.4 Å². The number of phenols is 1. The van der Waals surface area contributed by atoms with Gasteiger partial charge in [0.25, 0.3) is 0 Å². The molecule has 6 heteroatoms. The molecule has 0 saturated carbocycles. The Labute approximate surface area is 165 Å². The molecule has 0 atom stereocenters. The molecule has 146 valence electrons. The Morgan fingerprint density at radius 3 is 2.32 bits per heavy atom. The Balaban J connectivity index is 1.26. The number of piperazine rings is 1. The topological polar surface area (TPSA) is 53.8 Å². The summed E-state index contributed by atoms with van der Waals surface area (Å²) in [6.07, 6.45) is 3.70. The second-order valence-corrected chi connectivity index (χ2v) is 7.17. The zero-order chi connectivity index (χ0) is 19.3. The molecule has 2 heterocycles. The molecule has 0 unspecified atom stereocenters. The molecule has 0 spiro atoms. The summed E-state index contributed by atoms with van der Waals surface area (Å²) in [6, 6.07) is 15.8. The third-order valence-electron chi connectivity index (χ3n) is 5.21. The number of hydrogen-bond acceptors (Lipinski definition) is 5. The van der Waals surface area contributed by atoms with Crippen LogP contribution in [0.4, 0.5) is 5.69 Å². The van der Waals surface area contributed by atoms with Gasteiger partial charge in [0.2, 0.25) is 0 Å². The lowest BCUT2D eigenvalue weighted by atomic mass is 10.2. The Hall–Kier alpha value is -2.99. The Morgan fingerprint density at radius 1 is 0.964 bits per heavy atom. The van der Waals surface area contributed by atoms with Gasteiger partial charge in [-0.2, -0.15) is 0 Å². The Bertz CT molecular complexity index is 882. The van der Waals surface area contributed by atoms with Gasteiger partial charge in [-0.15, -0.1) is 0 Å². The van der Waals surface area contributed by atoms with Gasteiger partial charge in [0.15, 0.2) is 0 Å². The van der Waals surface area contributed by atoms with Crippen molar-refractivity contribution < 1.29 is 9.84 Å². The van der Waals surface area contributed by atoms with E-state index in [0.717, 1.165) is 44.3 Å². The molecule has 0 bridgehead atoms. The lowest BCUT2D eigenvalue weighted by molar-refractivity contribution is 0.249. The number of aryl methyl sites for hydroxylation is 1. The Kier molecular flexibility index (Phi) is 5.48. The van der Waals surface area contributed by atoms with Crippen molar-refractivity contribution in [1.29, 1.82) is 0 Å². The summed E-state index contributed by atoms with van der Waals surface area (Å²) in [5, 5.41) is 9.43. The summed E-state index contributed by atoms with van der Waals surface area (Å²) in [5.74, 6) is 2.09. The second-order valence-electron chi connectivity index (χ2n) is 7.17. The molecular weight excluding hydrogens is 352 g/mol. The predicted molar refractivity (Wildman–Crippen MR) is 110 cm³/mol. The van der Waals surface area contributed by atoms with Crippen molar-refractivity contribution in [3.05, 3.63) is 72.3 Å². The van der Waals surface area contributed by atoms with Gasteiger partial charge in [-0.25, -0.2) is 4.98 Å². The molecule has 6 nitrogen and oxygen atoms in total. The maximum Gasteiger partial charge on any atom is 0.146 e. The van der Waals surface area contributed by atoms with E-state index in [9.17, 15) is 5.11 Å². The van der Waals surface area contributed by atoms with Crippen LogP contribution in [-0.4, -0.2) is 45.7 Å². The van der Waals surface area contributed by atoms with Gasteiger partial charge in [-0.1, -0.05) is 12.1 Å². The lowest BCUT2D eigenvalue weighted by Crippen LogP contribution is -2.45. The standard InChI is InChI=1S/C22H26N4O2/c1-24-11-10-23-22(24)17-28-21-8-2-18(3-9-21)16-25-12-14-26(15-13-25)19-4-6-20(27)7-5-19/h2-11,27H,12-17H2,1H3. The fourth-order valence-corrected chi connectivity index (χ4v) is 3.46. The van der Waals surface area contributed by atoms with Crippen LogP contribution in [0.25, 0.3) is 0 Å². The van der Waals surface area contributed by atoms with E-state index in [-0.39, 0.29) is 0 Å².